The number of fused-ring (bicyclic) bond motifs is 1. The van der Waals surface area contributed by atoms with Crippen LogP contribution in [0.4, 0.5) is 5.69 Å². The van der Waals surface area contributed by atoms with E-state index in [1.165, 1.54) is 0 Å². The van der Waals surface area contributed by atoms with Gasteiger partial charge in [0.25, 0.3) is 0 Å². The SMILES string of the molecule is N#C/C(=N\Nc1cc2[nH]ncc2cc1Cl)C(=N)N. The molecule has 2 aromatic rings. The number of rotatable bonds is 3. The highest BCUT2D eigenvalue weighted by Crippen LogP contribution is 2.26. The fourth-order valence-corrected chi connectivity index (χ4v) is 1.53. The second kappa shape index (κ2) is 4.73. The van der Waals surface area contributed by atoms with Crippen LogP contribution in [-0.4, -0.2) is 21.7 Å². The zero-order valence-electron chi connectivity index (χ0n) is 9.03. The van der Waals surface area contributed by atoms with Gasteiger partial charge in [0.15, 0.2) is 5.84 Å². The molecule has 0 bridgehead atoms. The third kappa shape index (κ3) is 2.23. The summed E-state index contributed by atoms with van der Waals surface area (Å²) in [4.78, 5) is 0. The van der Waals surface area contributed by atoms with E-state index in [9.17, 15) is 0 Å². The molecule has 0 amide bonds. The van der Waals surface area contributed by atoms with Crippen LogP contribution < -0.4 is 11.2 Å². The molecule has 1 aromatic heterocycles. The minimum absolute atomic E-state index is 0.212. The van der Waals surface area contributed by atoms with E-state index in [0.29, 0.717) is 10.7 Å². The fourth-order valence-electron chi connectivity index (χ4n) is 1.31. The zero-order valence-corrected chi connectivity index (χ0v) is 9.78. The second-order valence-electron chi connectivity index (χ2n) is 3.39. The van der Waals surface area contributed by atoms with E-state index in [4.69, 9.17) is 28.0 Å². The van der Waals surface area contributed by atoms with E-state index in [0.717, 1.165) is 10.9 Å². The lowest BCUT2D eigenvalue weighted by atomic mass is 10.2. The van der Waals surface area contributed by atoms with E-state index >= 15 is 0 Å². The van der Waals surface area contributed by atoms with Crippen LogP contribution >= 0.6 is 11.6 Å². The maximum atomic E-state index is 8.69. The summed E-state index contributed by atoms with van der Waals surface area (Å²) in [6, 6.07) is 5.10. The van der Waals surface area contributed by atoms with Crippen LogP contribution in [0.15, 0.2) is 23.4 Å². The minimum Gasteiger partial charge on any atom is -0.382 e. The predicted octanol–water partition coefficient (Wildman–Crippen LogP) is 1.44. The number of aromatic amines is 1. The number of benzene rings is 1. The highest BCUT2D eigenvalue weighted by atomic mass is 35.5. The Kier molecular flexibility index (Phi) is 3.12. The van der Waals surface area contributed by atoms with Crippen molar-refractivity contribution in [1.82, 2.24) is 10.2 Å². The van der Waals surface area contributed by atoms with E-state index in [1.54, 1.807) is 24.4 Å². The average molecular weight is 262 g/mol. The van der Waals surface area contributed by atoms with Crippen LogP contribution in [0.5, 0.6) is 0 Å². The van der Waals surface area contributed by atoms with Crippen molar-refractivity contribution < 1.29 is 0 Å². The molecule has 0 spiro atoms. The molecule has 1 heterocycles. The number of anilines is 1. The quantitative estimate of drug-likeness (QED) is 0.379. The monoisotopic (exact) mass is 261 g/mol. The first-order valence-electron chi connectivity index (χ1n) is 4.82. The molecule has 0 aliphatic heterocycles. The summed E-state index contributed by atoms with van der Waals surface area (Å²) in [5, 5.41) is 27.4. The van der Waals surface area contributed by atoms with Crippen molar-refractivity contribution in [1.29, 1.82) is 10.7 Å². The first kappa shape index (κ1) is 11.9. The van der Waals surface area contributed by atoms with Crippen molar-refractivity contribution in [3.05, 3.63) is 23.4 Å². The Morgan fingerprint density at radius 3 is 3.06 bits per heavy atom. The van der Waals surface area contributed by atoms with Crippen molar-refractivity contribution in [3.8, 4) is 6.07 Å². The summed E-state index contributed by atoms with van der Waals surface area (Å²) in [6.07, 6.45) is 1.64. The first-order valence-corrected chi connectivity index (χ1v) is 5.20. The van der Waals surface area contributed by atoms with Crippen LogP contribution in [0.1, 0.15) is 0 Å². The predicted molar refractivity (Wildman–Crippen MR) is 69.7 cm³/mol. The van der Waals surface area contributed by atoms with E-state index in [2.05, 4.69) is 20.7 Å². The van der Waals surface area contributed by atoms with Gasteiger partial charge in [-0.3, -0.25) is 15.9 Å². The number of nitrogens with zero attached hydrogens (tertiary/aromatic N) is 3. The van der Waals surface area contributed by atoms with Crippen molar-refractivity contribution >= 4 is 39.7 Å². The standard InChI is InChI=1S/C10H8ClN7/c11-6-1-5-4-15-16-7(5)2-8(6)17-18-9(3-12)10(13)14/h1-2,4,17H,(H3,13,14)(H,15,16)/b18-9+. The molecule has 18 heavy (non-hydrogen) atoms. The maximum absolute atomic E-state index is 8.69. The van der Waals surface area contributed by atoms with E-state index in [-0.39, 0.29) is 5.71 Å². The van der Waals surface area contributed by atoms with Crippen molar-refractivity contribution in [3.63, 3.8) is 0 Å². The van der Waals surface area contributed by atoms with Crippen molar-refractivity contribution in [2.45, 2.75) is 0 Å². The summed E-state index contributed by atoms with van der Waals surface area (Å²) < 4.78 is 0. The number of nitrogens with one attached hydrogen (secondary N) is 3. The zero-order chi connectivity index (χ0) is 13.1. The summed E-state index contributed by atoms with van der Waals surface area (Å²) in [5.74, 6) is -0.413. The van der Waals surface area contributed by atoms with Crippen LogP contribution in [0, 0.1) is 16.7 Å². The molecule has 0 radical (unpaired) electrons. The molecule has 7 nitrogen and oxygen atoms in total. The molecule has 90 valence electrons. The topological polar surface area (TPSA) is 127 Å². The highest BCUT2D eigenvalue weighted by Gasteiger charge is 2.05. The van der Waals surface area contributed by atoms with Crippen LogP contribution in [-0.2, 0) is 0 Å². The number of hydrogen-bond donors (Lipinski definition) is 4. The normalized spacial score (nSPS) is 11.2. The van der Waals surface area contributed by atoms with Gasteiger partial charge in [-0.2, -0.15) is 15.5 Å². The maximum Gasteiger partial charge on any atom is 0.201 e. The average Bonchev–Trinajstić information content (AvgIpc) is 2.76. The van der Waals surface area contributed by atoms with Gasteiger partial charge in [0.05, 0.1) is 22.4 Å². The second-order valence-corrected chi connectivity index (χ2v) is 3.79. The number of nitriles is 1. The third-order valence-corrected chi connectivity index (χ3v) is 2.49. The number of H-pyrrole nitrogens is 1. The summed E-state index contributed by atoms with van der Waals surface area (Å²) >= 11 is 6.03. The molecule has 1 aromatic carbocycles. The molecule has 0 aliphatic carbocycles. The van der Waals surface area contributed by atoms with Gasteiger partial charge in [-0.15, -0.1) is 0 Å². The van der Waals surface area contributed by atoms with Crippen molar-refractivity contribution in [2.24, 2.45) is 10.8 Å². The van der Waals surface area contributed by atoms with Gasteiger partial charge in [0.2, 0.25) is 5.71 Å². The van der Waals surface area contributed by atoms with Crippen LogP contribution in [0.25, 0.3) is 10.9 Å². The molecular formula is C10H8ClN7. The van der Waals surface area contributed by atoms with Gasteiger partial charge in [0.1, 0.15) is 6.07 Å². The molecular weight excluding hydrogens is 254 g/mol. The number of halogens is 1. The largest absolute Gasteiger partial charge is 0.382 e. The van der Waals surface area contributed by atoms with Gasteiger partial charge < -0.3 is 5.73 Å². The Bertz CT molecular complexity index is 679. The van der Waals surface area contributed by atoms with E-state index < -0.39 is 5.84 Å². The van der Waals surface area contributed by atoms with Gasteiger partial charge in [0, 0.05) is 5.39 Å². The molecule has 0 saturated carbocycles. The Labute approximate surface area is 107 Å². The molecule has 0 saturated heterocycles. The molecule has 2 rings (SSSR count). The smallest absolute Gasteiger partial charge is 0.201 e. The number of aromatic nitrogens is 2. The Morgan fingerprint density at radius 1 is 1.61 bits per heavy atom. The van der Waals surface area contributed by atoms with Gasteiger partial charge in [-0.1, -0.05) is 11.6 Å². The Hall–Kier alpha value is -2.59. The Balaban J connectivity index is 2.34. The molecule has 0 atom stereocenters. The third-order valence-electron chi connectivity index (χ3n) is 2.18. The van der Waals surface area contributed by atoms with E-state index in [1.807, 2.05) is 0 Å². The molecule has 0 unspecified atom stereocenters. The minimum atomic E-state index is -0.413. The lowest BCUT2D eigenvalue weighted by Crippen LogP contribution is -2.21. The number of amidine groups is 1. The molecule has 0 aliphatic rings. The first-order chi connectivity index (χ1) is 8.61. The van der Waals surface area contributed by atoms with Crippen LogP contribution in [0.2, 0.25) is 5.02 Å². The molecule has 0 fully saturated rings. The van der Waals surface area contributed by atoms with Gasteiger partial charge in [-0.05, 0) is 12.1 Å². The highest BCUT2D eigenvalue weighted by molar-refractivity contribution is 6.46. The number of hydrazone groups is 1. The summed E-state index contributed by atoms with van der Waals surface area (Å²) in [5.41, 5.74) is 8.81. The molecule has 5 N–H and O–H groups in total. The van der Waals surface area contributed by atoms with Crippen molar-refractivity contribution in [2.75, 3.05) is 5.43 Å². The lowest BCUT2D eigenvalue weighted by molar-refractivity contribution is 1.12. The number of nitrogens with two attached hydrogens (primary N) is 1. The van der Waals surface area contributed by atoms with Gasteiger partial charge >= 0.3 is 0 Å². The number of hydrogen-bond acceptors (Lipinski definition) is 5. The Morgan fingerprint density at radius 2 is 2.39 bits per heavy atom. The lowest BCUT2D eigenvalue weighted by Gasteiger charge is -2.03. The van der Waals surface area contributed by atoms with Gasteiger partial charge in [-0.25, -0.2) is 0 Å². The molecule has 8 heteroatoms. The summed E-state index contributed by atoms with van der Waals surface area (Å²) in [7, 11) is 0. The fraction of sp³-hybridized carbons (Fsp3) is 0. The summed E-state index contributed by atoms with van der Waals surface area (Å²) in [6.45, 7) is 0. The van der Waals surface area contributed by atoms with Crippen LogP contribution in [0.3, 0.4) is 0 Å².